The van der Waals surface area contributed by atoms with Crippen LogP contribution in [-0.4, -0.2) is 46.6 Å². The third kappa shape index (κ3) is 6.36. The van der Waals surface area contributed by atoms with Gasteiger partial charge >= 0.3 is 0 Å². The molecule has 0 saturated heterocycles. The number of aliphatic hydroxyl groups excluding tert-OH is 1. The van der Waals surface area contributed by atoms with Gasteiger partial charge in [-0.15, -0.1) is 0 Å². The average molecular weight is 510 g/mol. The molecule has 1 aliphatic heterocycles. The molecule has 6 heteroatoms. The Labute approximate surface area is 216 Å². The monoisotopic (exact) mass is 509 g/mol. The summed E-state index contributed by atoms with van der Waals surface area (Å²) in [5, 5.41) is 11.2. The van der Waals surface area contributed by atoms with E-state index in [9.17, 15) is 13.5 Å². The minimum Gasteiger partial charge on any atom is -0.392 e. The summed E-state index contributed by atoms with van der Waals surface area (Å²) >= 11 is 0. The number of hydrogen-bond acceptors (Lipinski definition) is 5. The van der Waals surface area contributed by atoms with Crippen molar-refractivity contribution in [1.29, 1.82) is 0 Å². The molecule has 2 atom stereocenters. The molecule has 194 valence electrons. The number of anilines is 1. The van der Waals surface area contributed by atoms with Crippen LogP contribution in [0.25, 0.3) is 0 Å². The predicted molar refractivity (Wildman–Crippen MR) is 147 cm³/mol. The largest absolute Gasteiger partial charge is 0.392 e. The smallest absolute Gasteiger partial charge is 0.179 e. The van der Waals surface area contributed by atoms with Crippen LogP contribution < -0.4 is 4.90 Å². The maximum absolute atomic E-state index is 13.0. The van der Waals surface area contributed by atoms with Crippen molar-refractivity contribution in [2.24, 2.45) is 5.41 Å². The predicted octanol–water partition coefficient (Wildman–Crippen LogP) is 5.45. The Balaban J connectivity index is 0.000000275. The Bertz CT molecular complexity index is 1240. The first-order valence-electron chi connectivity index (χ1n) is 12.3. The SMILES string of the molecule is CCc1ccc(COC)cc1.CN(C)c1ccc2c(c1)C(c1ccccc1)C(O)C(C)(C)CS2(=O)=O. The Morgan fingerprint density at radius 1 is 0.972 bits per heavy atom. The van der Waals surface area contributed by atoms with E-state index in [0.717, 1.165) is 17.7 Å². The molecule has 2 unspecified atom stereocenters. The zero-order chi connectivity index (χ0) is 26.5. The van der Waals surface area contributed by atoms with Crippen molar-refractivity contribution in [1.82, 2.24) is 0 Å². The van der Waals surface area contributed by atoms with Gasteiger partial charge in [-0.05, 0) is 46.9 Å². The van der Waals surface area contributed by atoms with Crippen LogP contribution in [-0.2, 0) is 27.6 Å². The fourth-order valence-electron chi connectivity index (χ4n) is 4.67. The van der Waals surface area contributed by atoms with Gasteiger partial charge in [0.25, 0.3) is 0 Å². The molecule has 3 aromatic carbocycles. The first-order chi connectivity index (χ1) is 17.0. The summed E-state index contributed by atoms with van der Waals surface area (Å²) in [6, 6.07) is 23.6. The highest BCUT2D eigenvalue weighted by Gasteiger charge is 2.45. The minimum atomic E-state index is -3.48. The van der Waals surface area contributed by atoms with Crippen molar-refractivity contribution in [3.8, 4) is 0 Å². The van der Waals surface area contributed by atoms with Crippen LogP contribution in [0.4, 0.5) is 5.69 Å². The minimum absolute atomic E-state index is 0.0706. The number of fused-ring (bicyclic) bond motifs is 1. The van der Waals surface area contributed by atoms with Gasteiger partial charge in [0, 0.05) is 38.2 Å². The number of nitrogens with zero attached hydrogens (tertiary/aromatic N) is 1. The van der Waals surface area contributed by atoms with Gasteiger partial charge in [0.15, 0.2) is 9.84 Å². The van der Waals surface area contributed by atoms with Crippen molar-refractivity contribution < 1.29 is 18.3 Å². The molecular formula is C30H39NO4S. The summed E-state index contributed by atoms with van der Waals surface area (Å²) in [6.07, 6.45) is 0.302. The third-order valence-electron chi connectivity index (χ3n) is 6.76. The molecule has 0 aliphatic carbocycles. The second-order valence-electron chi connectivity index (χ2n) is 10.3. The molecule has 0 spiro atoms. The first kappa shape index (κ1) is 27.9. The molecule has 0 fully saturated rings. The van der Waals surface area contributed by atoms with E-state index in [2.05, 4.69) is 31.2 Å². The van der Waals surface area contributed by atoms with E-state index >= 15 is 0 Å². The molecule has 0 aromatic heterocycles. The molecule has 1 aliphatic rings. The molecule has 0 bridgehead atoms. The molecule has 4 rings (SSSR count). The molecule has 0 radical (unpaired) electrons. The fourth-order valence-corrected chi connectivity index (χ4v) is 6.80. The molecule has 1 heterocycles. The van der Waals surface area contributed by atoms with E-state index in [1.54, 1.807) is 13.2 Å². The van der Waals surface area contributed by atoms with Crippen LogP contribution in [0.1, 0.15) is 48.9 Å². The lowest BCUT2D eigenvalue weighted by Gasteiger charge is -2.33. The summed E-state index contributed by atoms with van der Waals surface area (Å²) in [5.41, 5.74) is 4.39. The summed E-state index contributed by atoms with van der Waals surface area (Å²) in [4.78, 5) is 2.27. The van der Waals surface area contributed by atoms with Gasteiger partial charge in [0.1, 0.15) is 0 Å². The zero-order valence-electron chi connectivity index (χ0n) is 22.2. The van der Waals surface area contributed by atoms with Crippen LogP contribution in [0.3, 0.4) is 0 Å². The van der Waals surface area contributed by atoms with Gasteiger partial charge in [0.2, 0.25) is 0 Å². The van der Waals surface area contributed by atoms with Crippen molar-refractivity contribution in [3.05, 3.63) is 95.1 Å². The highest BCUT2D eigenvalue weighted by molar-refractivity contribution is 7.91. The van der Waals surface area contributed by atoms with E-state index in [-0.39, 0.29) is 11.7 Å². The number of rotatable bonds is 5. The summed E-state index contributed by atoms with van der Waals surface area (Å²) in [5.74, 6) is -0.456. The maximum Gasteiger partial charge on any atom is 0.179 e. The Kier molecular flexibility index (Phi) is 8.98. The van der Waals surface area contributed by atoms with Gasteiger partial charge in [0.05, 0.1) is 23.4 Å². The molecule has 3 aromatic rings. The number of hydrogen-bond donors (Lipinski definition) is 1. The fraction of sp³-hybridized carbons (Fsp3) is 0.400. The first-order valence-corrected chi connectivity index (χ1v) is 14.0. The van der Waals surface area contributed by atoms with Gasteiger partial charge in [-0.25, -0.2) is 8.42 Å². The van der Waals surface area contributed by atoms with E-state index in [1.807, 2.05) is 75.3 Å². The van der Waals surface area contributed by atoms with Gasteiger partial charge in [-0.2, -0.15) is 0 Å². The van der Waals surface area contributed by atoms with Gasteiger partial charge < -0.3 is 14.7 Å². The topological polar surface area (TPSA) is 66.8 Å². The second-order valence-corrected chi connectivity index (χ2v) is 12.3. The van der Waals surface area contributed by atoms with E-state index in [4.69, 9.17) is 4.74 Å². The number of aryl methyl sites for hydroxylation is 1. The van der Waals surface area contributed by atoms with Crippen LogP contribution in [0, 0.1) is 5.41 Å². The van der Waals surface area contributed by atoms with Crippen LogP contribution in [0.2, 0.25) is 0 Å². The summed E-state index contributed by atoms with van der Waals surface area (Å²) in [6.45, 7) is 6.52. The van der Waals surface area contributed by atoms with E-state index in [0.29, 0.717) is 17.1 Å². The Morgan fingerprint density at radius 2 is 1.58 bits per heavy atom. The number of methoxy groups -OCH3 is 1. The van der Waals surface area contributed by atoms with Crippen molar-refractivity contribution in [2.75, 3.05) is 31.9 Å². The Morgan fingerprint density at radius 3 is 2.14 bits per heavy atom. The van der Waals surface area contributed by atoms with Gasteiger partial charge in [-0.1, -0.05) is 75.4 Å². The number of benzene rings is 3. The third-order valence-corrected chi connectivity index (χ3v) is 8.93. The molecule has 0 saturated carbocycles. The Hall–Kier alpha value is -2.67. The maximum atomic E-state index is 13.0. The number of aliphatic hydroxyl groups is 1. The van der Waals surface area contributed by atoms with Crippen molar-refractivity contribution in [2.45, 2.75) is 50.7 Å². The second kappa shape index (κ2) is 11.6. The van der Waals surface area contributed by atoms with Crippen molar-refractivity contribution >= 4 is 15.5 Å². The highest BCUT2D eigenvalue weighted by atomic mass is 32.2. The lowest BCUT2D eigenvalue weighted by Crippen LogP contribution is -2.38. The molecular weight excluding hydrogens is 470 g/mol. The zero-order valence-corrected chi connectivity index (χ0v) is 23.0. The molecule has 1 N–H and O–H groups in total. The molecule has 5 nitrogen and oxygen atoms in total. The quantitative estimate of drug-likeness (QED) is 0.495. The molecule has 36 heavy (non-hydrogen) atoms. The van der Waals surface area contributed by atoms with Crippen LogP contribution >= 0.6 is 0 Å². The standard InChI is InChI=1S/C20H25NO3S.C10H14O/c1-20(2)13-25(23,24)17-11-10-15(21(3)4)12-16(17)18(19(20)22)14-8-6-5-7-9-14;1-3-9-4-6-10(7-5-9)8-11-2/h5-12,18-19,22H,13H2,1-4H3;4-7H,3,8H2,1-2H3. The average Bonchev–Trinajstić information content (AvgIpc) is 2.90. The highest BCUT2D eigenvalue weighted by Crippen LogP contribution is 2.45. The summed E-state index contributed by atoms with van der Waals surface area (Å²) < 4.78 is 31.0. The van der Waals surface area contributed by atoms with E-state index < -0.39 is 21.4 Å². The van der Waals surface area contributed by atoms with Crippen LogP contribution in [0.5, 0.6) is 0 Å². The number of ether oxygens (including phenoxy) is 1. The normalized spacial score (nSPS) is 19.9. The summed E-state index contributed by atoms with van der Waals surface area (Å²) in [7, 11) is 2.08. The lowest BCUT2D eigenvalue weighted by atomic mass is 9.75. The van der Waals surface area contributed by atoms with Crippen LogP contribution in [0.15, 0.2) is 77.7 Å². The van der Waals surface area contributed by atoms with Crippen molar-refractivity contribution in [3.63, 3.8) is 0 Å². The van der Waals surface area contributed by atoms with Gasteiger partial charge in [-0.3, -0.25) is 0 Å². The molecule has 0 amide bonds. The lowest BCUT2D eigenvalue weighted by molar-refractivity contribution is 0.0521. The number of sulfone groups is 1. The van der Waals surface area contributed by atoms with E-state index in [1.165, 1.54) is 11.1 Å².